The van der Waals surface area contributed by atoms with Crippen LogP contribution in [0.5, 0.6) is 0 Å². The Balaban J connectivity index is 2.88. The number of benzene rings is 1. The molecule has 12 heavy (non-hydrogen) atoms. The molecule has 0 bridgehead atoms. The predicted octanol–water partition coefficient (Wildman–Crippen LogP) is 2.20. The Bertz CT molecular complexity index is 431. The van der Waals surface area contributed by atoms with E-state index in [1.165, 1.54) is 6.07 Å². The molecule has 0 amide bonds. The number of aryl methyl sites for hydroxylation is 1. The first-order valence-corrected chi connectivity index (χ1v) is 3.71. The molecule has 2 aromatic rings. The highest BCUT2D eigenvalue weighted by molar-refractivity contribution is 5.84. The van der Waals surface area contributed by atoms with Gasteiger partial charge < -0.3 is 10.7 Å². The summed E-state index contributed by atoms with van der Waals surface area (Å²) in [5.74, 6) is -0.293. The summed E-state index contributed by atoms with van der Waals surface area (Å²) in [5.41, 5.74) is 7.41. The molecule has 0 atom stereocenters. The van der Waals surface area contributed by atoms with E-state index >= 15 is 0 Å². The minimum atomic E-state index is -0.293. The maximum atomic E-state index is 13.1. The Hall–Kier alpha value is -1.51. The van der Waals surface area contributed by atoms with E-state index in [0.717, 1.165) is 11.1 Å². The Labute approximate surface area is 69.2 Å². The van der Waals surface area contributed by atoms with Crippen molar-refractivity contribution < 1.29 is 4.39 Å². The van der Waals surface area contributed by atoms with Crippen molar-refractivity contribution in [2.75, 3.05) is 5.73 Å². The van der Waals surface area contributed by atoms with Crippen molar-refractivity contribution in [1.82, 2.24) is 4.98 Å². The van der Waals surface area contributed by atoms with E-state index in [2.05, 4.69) is 4.98 Å². The van der Waals surface area contributed by atoms with E-state index in [0.29, 0.717) is 11.2 Å². The third-order valence-electron chi connectivity index (χ3n) is 1.84. The second-order valence-corrected chi connectivity index (χ2v) is 2.92. The van der Waals surface area contributed by atoms with Crippen LogP contribution in [0, 0.1) is 12.7 Å². The maximum Gasteiger partial charge on any atom is 0.149 e. The second kappa shape index (κ2) is 2.24. The molecule has 1 heterocycles. The van der Waals surface area contributed by atoms with Crippen molar-refractivity contribution in [3.05, 3.63) is 29.7 Å². The summed E-state index contributed by atoms with van der Waals surface area (Å²) >= 11 is 0. The Morgan fingerprint density at radius 2 is 2.08 bits per heavy atom. The molecular weight excluding hydrogens is 155 g/mol. The molecule has 3 heteroatoms. The molecule has 0 spiro atoms. The molecular formula is C9H9FN2. The van der Waals surface area contributed by atoms with E-state index in [9.17, 15) is 4.39 Å². The fourth-order valence-electron chi connectivity index (χ4n) is 1.36. The summed E-state index contributed by atoms with van der Waals surface area (Å²) in [7, 11) is 0. The van der Waals surface area contributed by atoms with Crippen molar-refractivity contribution >= 4 is 16.6 Å². The lowest BCUT2D eigenvalue weighted by Crippen LogP contribution is -1.86. The van der Waals surface area contributed by atoms with E-state index < -0.39 is 0 Å². The van der Waals surface area contributed by atoms with Gasteiger partial charge in [-0.15, -0.1) is 0 Å². The number of hydrogen-bond acceptors (Lipinski definition) is 1. The number of nitrogen functional groups attached to an aromatic ring is 1. The highest BCUT2D eigenvalue weighted by Crippen LogP contribution is 2.21. The predicted molar refractivity (Wildman–Crippen MR) is 47.4 cm³/mol. The van der Waals surface area contributed by atoms with Crippen LogP contribution < -0.4 is 5.73 Å². The number of rotatable bonds is 0. The third kappa shape index (κ3) is 0.942. The lowest BCUT2D eigenvalue weighted by molar-refractivity contribution is 0.638. The van der Waals surface area contributed by atoms with Gasteiger partial charge in [-0.1, -0.05) is 0 Å². The Kier molecular flexibility index (Phi) is 1.33. The molecule has 0 fully saturated rings. The van der Waals surface area contributed by atoms with Crippen LogP contribution in [0.2, 0.25) is 0 Å². The second-order valence-electron chi connectivity index (χ2n) is 2.92. The largest absolute Gasteiger partial charge is 0.399 e. The number of aromatic amines is 1. The number of nitrogens with one attached hydrogen (secondary N) is 1. The van der Waals surface area contributed by atoms with E-state index in [-0.39, 0.29) is 5.82 Å². The standard InChI is InChI=1S/C9H9FN2/c1-5-2-6-3-7(11)4-8(10)9(6)12-5/h2-4,12H,11H2,1H3. The molecule has 1 aromatic carbocycles. The van der Waals surface area contributed by atoms with Crippen LogP contribution in [-0.4, -0.2) is 4.98 Å². The van der Waals surface area contributed by atoms with Crippen LogP contribution in [0.15, 0.2) is 18.2 Å². The van der Waals surface area contributed by atoms with E-state index in [1.807, 2.05) is 13.0 Å². The SMILES string of the molecule is Cc1cc2cc(N)cc(F)c2[nH]1. The van der Waals surface area contributed by atoms with Gasteiger partial charge in [-0.2, -0.15) is 0 Å². The quantitative estimate of drug-likeness (QED) is 0.576. The van der Waals surface area contributed by atoms with Crippen molar-refractivity contribution in [2.24, 2.45) is 0 Å². The minimum absolute atomic E-state index is 0.293. The normalized spacial score (nSPS) is 10.8. The number of H-pyrrole nitrogens is 1. The van der Waals surface area contributed by atoms with Gasteiger partial charge in [0.25, 0.3) is 0 Å². The Morgan fingerprint density at radius 3 is 2.83 bits per heavy atom. The number of halogens is 1. The number of aromatic nitrogens is 1. The lowest BCUT2D eigenvalue weighted by atomic mass is 10.2. The molecule has 2 nitrogen and oxygen atoms in total. The van der Waals surface area contributed by atoms with E-state index in [4.69, 9.17) is 5.73 Å². The number of anilines is 1. The topological polar surface area (TPSA) is 41.8 Å². The van der Waals surface area contributed by atoms with Crippen LogP contribution in [0.3, 0.4) is 0 Å². The van der Waals surface area contributed by atoms with Crippen molar-refractivity contribution in [3.63, 3.8) is 0 Å². The van der Waals surface area contributed by atoms with Crippen molar-refractivity contribution in [3.8, 4) is 0 Å². The minimum Gasteiger partial charge on any atom is -0.399 e. The lowest BCUT2D eigenvalue weighted by Gasteiger charge is -1.94. The fourth-order valence-corrected chi connectivity index (χ4v) is 1.36. The zero-order chi connectivity index (χ0) is 8.72. The summed E-state index contributed by atoms with van der Waals surface area (Å²) in [5, 5.41) is 0.824. The van der Waals surface area contributed by atoms with Gasteiger partial charge in [0.05, 0.1) is 5.52 Å². The van der Waals surface area contributed by atoms with Gasteiger partial charge in [0.1, 0.15) is 5.82 Å². The first-order valence-electron chi connectivity index (χ1n) is 3.71. The zero-order valence-corrected chi connectivity index (χ0v) is 6.69. The zero-order valence-electron chi connectivity index (χ0n) is 6.69. The van der Waals surface area contributed by atoms with Gasteiger partial charge >= 0.3 is 0 Å². The van der Waals surface area contributed by atoms with Gasteiger partial charge in [-0.25, -0.2) is 4.39 Å². The number of nitrogens with two attached hydrogens (primary N) is 1. The summed E-state index contributed by atoms with van der Waals surface area (Å²) in [6, 6.07) is 4.94. The maximum absolute atomic E-state index is 13.1. The number of hydrogen-bond donors (Lipinski definition) is 2. The summed E-state index contributed by atoms with van der Waals surface area (Å²) in [6.45, 7) is 1.88. The van der Waals surface area contributed by atoms with Crippen LogP contribution >= 0.6 is 0 Å². The highest BCUT2D eigenvalue weighted by Gasteiger charge is 2.03. The van der Waals surface area contributed by atoms with Gasteiger partial charge in [0.15, 0.2) is 0 Å². The smallest absolute Gasteiger partial charge is 0.149 e. The average Bonchev–Trinajstić information content (AvgIpc) is 2.29. The van der Waals surface area contributed by atoms with Gasteiger partial charge in [0.2, 0.25) is 0 Å². The highest BCUT2D eigenvalue weighted by atomic mass is 19.1. The van der Waals surface area contributed by atoms with Crippen LogP contribution in [0.4, 0.5) is 10.1 Å². The fraction of sp³-hybridized carbons (Fsp3) is 0.111. The first-order chi connectivity index (χ1) is 5.66. The Morgan fingerprint density at radius 1 is 1.33 bits per heavy atom. The van der Waals surface area contributed by atoms with Gasteiger partial charge in [-0.05, 0) is 25.1 Å². The van der Waals surface area contributed by atoms with E-state index in [1.54, 1.807) is 6.07 Å². The molecule has 62 valence electrons. The summed E-state index contributed by atoms with van der Waals surface area (Å²) in [6.07, 6.45) is 0. The third-order valence-corrected chi connectivity index (χ3v) is 1.84. The molecule has 0 aliphatic heterocycles. The van der Waals surface area contributed by atoms with Crippen LogP contribution in [0.1, 0.15) is 5.69 Å². The van der Waals surface area contributed by atoms with Crippen LogP contribution in [-0.2, 0) is 0 Å². The molecule has 0 radical (unpaired) electrons. The molecule has 2 rings (SSSR count). The first kappa shape index (κ1) is 7.16. The molecule has 0 saturated carbocycles. The molecule has 0 saturated heterocycles. The molecule has 1 aromatic heterocycles. The molecule has 3 N–H and O–H groups in total. The van der Waals surface area contributed by atoms with Gasteiger partial charge in [-0.3, -0.25) is 0 Å². The molecule has 0 unspecified atom stereocenters. The van der Waals surface area contributed by atoms with Gasteiger partial charge in [0, 0.05) is 16.8 Å². The van der Waals surface area contributed by atoms with Crippen molar-refractivity contribution in [1.29, 1.82) is 0 Å². The monoisotopic (exact) mass is 164 g/mol. The van der Waals surface area contributed by atoms with Crippen LogP contribution in [0.25, 0.3) is 10.9 Å². The summed E-state index contributed by atoms with van der Waals surface area (Å²) < 4.78 is 13.1. The summed E-state index contributed by atoms with van der Waals surface area (Å²) in [4.78, 5) is 2.92. The average molecular weight is 164 g/mol. The number of fused-ring (bicyclic) bond motifs is 1. The molecule has 0 aliphatic carbocycles. The van der Waals surface area contributed by atoms with Crippen molar-refractivity contribution in [2.45, 2.75) is 6.92 Å². The molecule has 0 aliphatic rings.